The van der Waals surface area contributed by atoms with E-state index in [0.29, 0.717) is 27.3 Å². The van der Waals surface area contributed by atoms with E-state index in [1.165, 1.54) is 18.2 Å². The van der Waals surface area contributed by atoms with Crippen molar-refractivity contribution < 1.29 is 27.6 Å². The largest absolute Gasteiger partial charge is 0.418 e. The SMILES string of the molecule is Cc1ccc(/C=C(\NC(=O)c2ccccc2)C(=O)Nc2ccc(SC(C(=O)Nc3ccccc3C(F)(F)F)c3ccccc3)cc2)cc1. The Morgan fingerprint density at radius 3 is 1.96 bits per heavy atom. The number of hydrogen-bond acceptors (Lipinski definition) is 4. The average molecular weight is 666 g/mol. The molecule has 0 aliphatic carbocycles. The van der Waals surface area contributed by atoms with Crippen LogP contribution >= 0.6 is 11.8 Å². The van der Waals surface area contributed by atoms with Crippen molar-refractivity contribution in [1.82, 2.24) is 5.32 Å². The van der Waals surface area contributed by atoms with Gasteiger partial charge in [0.15, 0.2) is 0 Å². The molecule has 5 aromatic carbocycles. The zero-order valence-corrected chi connectivity index (χ0v) is 26.4. The van der Waals surface area contributed by atoms with Gasteiger partial charge in [-0.15, -0.1) is 11.8 Å². The molecule has 0 fully saturated rings. The summed E-state index contributed by atoms with van der Waals surface area (Å²) in [5, 5.41) is 7.08. The van der Waals surface area contributed by atoms with Crippen LogP contribution in [0.3, 0.4) is 0 Å². The fraction of sp³-hybridized carbons (Fsp3) is 0.0789. The first-order valence-electron chi connectivity index (χ1n) is 14.8. The minimum Gasteiger partial charge on any atom is -0.324 e. The molecule has 0 heterocycles. The van der Waals surface area contributed by atoms with E-state index in [2.05, 4.69) is 16.0 Å². The van der Waals surface area contributed by atoms with Crippen LogP contribution in [0.1, 0.15) is 37.9 Å². The van der Waals surface area contributed by atoms with Crippen LogP contribution in [0.4, 0.5) is 24.5 Å². The topological polar surface area (TPSA) is 87.3 Å². The fourth-order valence-electron chi connectivity index (χ4n) is 4.66. The first-order chi connectivity index (χ1) is 23.1. The third-order valence-electron chi connectivity index (χ3n) is 7.11. The number of benzene rings is 5. The summed E-state index contributed by atoms with van der Waals surface area (Å²) in [5.74, 6) is -1.62. The number of carbonyl (C=O) groups excluding carboxylic acids is 3. The highest BCUT2D eigenvalue weighted by Gasteiger charge is 2.34. The van der Waals surface area contributed by atoms with Crippen LogP contribution in [0.15, 0.2) is 144 Å². The van der Waals surface area contributed by atoms with Crippen LogP contribution in [0, 0.1) is 6.92 Å². The molecular formula is C38H30F3N3O3S. The van der Waals surface area contributed by atoms with Crippen molar-refractivity contribution in [2.75, 3.05) is 10.6 Å². The maximum atomic E-state index is 13.6. The van der Waals surface area contributed by atoms with E-state index >= 15 is 0 Å². The number of aryl methyl sites for hydroxylation is 1. The Bertz CT molecular complexity index is 1910. The zero-order valence-electron chi connectivity index (χ0n) is 25.6. The molecule has 3 amide bonds. The Labute approximate surface area is 280 Å². The lowest BCUT2D eigenvalue weighted by molar-refractivity contribution is -0.137. The lowest BCUT2D eigenvalue weighted by Crippen LogP contribution is -2.30. The monoisotopic (exact) mass is 665 g/mol. The zero-order chi connectivity index (χ0) is 34.1. The van der Waals surface area contributed by atoms with Crippen molar-refractivity contribution >= 4 is 46.9 Å². The van der Waals surface area contributed by atoms with Gasteiger partial charge in [-0.05, 0) is 72.7 Å². The highest BCUT2D eigenvalue weighted by atomic mass is 32.2. The number of anilines is 2. The molecular weight excluding hydrogens is 635 g/mol. The van der Waals surface area contributed by atoms with Gasteiger partial charge >= 0.3 is 6.18 Å². The molecule has 0 aromatic heterocycles. The maximum absolute atomic E-state index is 13.6. The first-order valence-corrected chi connectivity index (χ1v) is 15.7. The van der Waals surface area contributed by atoms with Crippen LogP contribution < -0.4 is 16.0 Å². The number of halogens is 3. The van der Waals surface area contributed by atoms with Gasteiger partial charge < -0.3 is 16.0 Å². The number of alkyl halides is 3. The molecule has 0 bridgehead atoms. The van der Waals surface area contributed by atoms with Crippen LogP contribution in [0.2, 0.25) is 0 Å². The molecule has 242 valence electrons. The van der Waals surface area contributed by atoms with Crippen molar-refractivity contribution in [1.29, 1.82) is 0 Å². The van der Waals surface area contributed by atoms with E-state index in [-0.39, 0.29) is 11.4 Å². The number of thioether (sulfide) groups is 1. The lowest BCUT2D eigenvalue weighted by atomic mass is 10.1. The summed E-state index contributed by atoms with van der Waals surface area (Å²) in [7, 11) is 0. The number of para-hydroxylation sites is 1. The van der Waals surface area contributed by atoms with Crippen LogP contribution in [-0.4, -0.2) is 17.7 Å². The number of rotatable bonds is 10. The molecule has 0 saturated carbocycles. The maximum Gasteiger partial charge on any atom is 0.418 e. The van der Waals surface area contributed by atoms with E-state index in [1.54, 1.807) is 91.0 Å². The average Bonchev–Trinajstić information content (AvgIpc) is 3.09. The predicted octanol–water partition coefficient (Wildman–Crippen LogP) is 8.90. The van der Waals surface area contributed by atoms with E-state index in [4.69, 9.17) is 0 Å². The molecule has 10 heteroatoms. The molecule has 3 N–H and O–H groups in total. The molecule has 48 heavy (non-hydrogen) atoms. The molecule has 0 spiro atoms. The van der Waals surface area contributed by atoms with Crippen molar-refractivity contribution in [2.24, 2.45) is 0 Å². The fourth-order valence-corrected chi connectivity index (χ4v) is 5.69. The van der Waals surface area contributed by atoms with Gasteiger partial charge in [-0.25, -0.2) is 0 Å². The number of nitrogens with one attached hydrogen (secondary N) is 3. The van der Waals surface area contributed by atoms with E-state index in [1.807, 2.05) is 31.2 Å². The second-order valence-corrected chi connectivity index (χ2v) is 11.9. The molecule has 0 aliphatic rings. The summed E-state index contributed by atoms with van der Waals surface area (Å²) < 4.78 is 40.8. The lowest BCUT2D eigenvalue weighted by Gasteiger charge is -2.19. The van der Waals surface area contributed by atoms with E-state index in [0.717, 1.165) is 23.4 Å². The quantitative estimate of drug-likeness (QED) is 0.103. The summed E-state index contributed by atoms with van der Waals surface area (Å²) >= 11 is 1.15. The third kappa shape index (κ3) is 9.01. The van der Waals surface area contributed by atoms with Crippen molar-refractivity contribution in [2.45, 2.75) is 23.2 Å². The summed E-state index contributed by atoms with van der Waals surface area (Å²) in [6, 6.07) is 36.2. The van der Waals surface area contributed by atoms with E-state index < -0.39 is 34.7 Å². The molecule has 5 rings (SSSR count). The Morgan fingerprint density at radius 2 is 1.31 bits per heavy atom. The van der Waals surface area contributed by atoms with Gasteiger partial charge in [-0.2, -0.15) is 13.2 Å². The number of hydrogen-bond donors (Lipinski definition) is 3. The highest BCUT2D eigenvalue weighted by molar-refractivity contribution is 8.00. The second-order valence-electron chi connectivity index (χ2n) is 10.7. The molecule has 0 aliphatic heterocycles. The van der Waals surface area contributed by atoms with Gasteiger partial charge in [-0.1, -0.05) is 90.5 Å². The van der Waals surface area contributed by atoms with Gasteiger partial charge in [-0.3, -0.25) is 14.4 Å². The summed E-state index contributed by atoms with van der Waals surface area (Å²) in [5.41, 5.74) is 1.94. The van der Waals surface area contributed by atoms with Gasteiger partial charge in [0.05, 0.1) is 11.3 Å². The summed E-state index contributed by atoms with van der Waals surface area (Å²) in [6.07, 6.45) is -3.06. The summed E-state index contributed by atoms with van der Waals surface area (Å²) in [6.45, 7) is 1.95. The van der Waals surface area contributed by atoms with Crippen LogP contribution in [0.5, 0.6) is 0 Å². The van der Waals surface area contributed by atoms with Gasteiger partial charge in [0.2, 0.25) is 5.91 Å². The minimum absolute atomic E-state index is 0.0334. The molecule has 1 atom stereocenters. The number of carbonyl (C=O) groups is 3. The normalized spacial score (nSPS) is 12.1. The van der Waals surface area contributed by atoms with Gasteiger partial charge in [0.25, 0.3) is 11.8 Å². The molecule has 0 saturated heterocycles. The molecule has 1 unspecified atom stereocenters. The van der Waals surface area contributed by atoms with Gasteiger partial charge in [0.1, 0.15) is 10.9 Å². The summed E-state index contributed by atoms with van der Waals surface area (Å²) in [4.78, 5) is 40.4. The Kier molecular flexibility index (Phi) is 10.8. The standard InChI is InChI=1S/C38H30F3N3O3S/c1-25-16-18-26(19-17-25)24-33(44-35(45)28-12-6-3-7-13-28)36(46)42-29-20-22-30(23-21-29)48-34(27-10-4-2-5-11-27)37(47)43-32-15-9-8-14-31(32)38(39,40)41/h2-24,34H,1H3,(H,42,46)(H,43,47)(H,44,45)/b33-24-. The second kappa shape index (κ2) is 15.3. The Balaban J connectivity index is 1.34. The Morgan fingerprint density at radius 1 is 0.708 bits per heavy atom. The number of amides is 3. The van der Waals surface area contributed by atoms with Crippen LogP contribution in [0.25, 0.3) is 6.08 Å². The minimum atomic E-state index is -4.64. The smallest absolute Gasteiger partial charge is 0.324 e. The molecule has 0 radical (unpaired) electrons. The molecule has 6 nitrogen and oxygen atoms in total. The first kappa shape index (κ1) is 33.7. The Hall–Kier alpha value is -5.61. The van der Waals surface area contributed by atoms with Crippen molar-refractivity contribution in [3.8, 4) is 0 Å². The van der Waals surface area contributed by atoms with E-state index in [9.17, 15) is 27.6 Å². The van der Waals surface area contributed by atoms with Crippen LogP contribution in [-0.2, 0) is 15.8 Å². The van der Waals surface area contributed by atoms with Gasteiger partial charge in [0, 0.05) is 16.1 Å². The highest BCUT2D eigenvalue weighted by Crippen LogP contribution is 2.39. The van der Waals surface area contributed by atoms with Crippen molar-refractivity contribution in [3.05, 3.63) is 167 Å². The third-order valence-corrected chi connectivity index (χ3v) is 8.38. The predicted molar refractivity (Wildman–Crippen MR) is 183 cm³/mol. The van der Waals surface area contributed by atoms with Crippen molar-refractivity contribution in [3.63, 3.8) is 0 Å². The molecule has 5 aromatic rings.